The zero-order valence-electron chi connectivity index (χ0n) is 6.94. The van der Waals surface area contributed by atoms with Gasteiger partial charge in [0.1, 0.15) is 0 Å². The molecule has 0 amide bonds. The quantitative estimate of drug-likeness (QED) is 0.759. The fourth-order valence-electron chi connectivity index (χ4n) is 1.22. The Morgan fingerprint density at radius 2 is 1.85 bits per heavy atom. The van der Waals surface area contributed by atoms with Crippen LogP contribution in [0.2, 0.25) is 0 Å². The average Bonchev–Trinajstić information content (AvgIpc) is 2.61. The van der Waals surface area contributed by atoms with E-state index in [9.17, 15) is 0 Å². The SMILES string of the molecule is Nc1ccc(Br)c(-n2cccc2)c1. The summed E-state index contributed by atoms with van der Waals surface area (Å²) in [5.74, 6) is 0. The van der Waals surface area contributed by atoms with Crippen LogP contribution in [0.5, 0.6) is 0 Å². The van der Waals surface area contributed by atoms with Crippen molar-refractivity contribution >= 4 is 21.6 Å². The molecule has 0 saturated heterocycles. The van der Waals surface area contributed by atoms with Crippen LogP contribution in [0.1, 0.15) is 0 Å². The highest BCUT2D eigenvalue weighted by Crippen LogP contribution is 2.23. The number of aromatic nitrogens is 1. The van der Waals surface area contributed by atoms with Crippen LogP contribution in [0.3, 0.4) is 0 Å². The number of halogens is 1. The zero-order valence-corrected chi connectivity index (χ0v) is 8.53. The van der Waals surface area contributed by atoms with Gasteiger partial charge in [0, 0.05) is 22.6 Å². The summed E-state index contributed by atoms with van der Waals surface area (Å²) in [4.78, 5) is 0. The largest absolute Gasteiger partial charge is 0.399 e. The van der Waals surface area contributed by atoms with Crippen LogP contribution in [0.4, 0.5) is 5.69 Å². The lowest BCUT2D eigenvalue weighted by Crippen LogP contribution is -1.93. The Balaban J connectivity index is 2.57. The second-order valence-electron chi connectivity index (χ2n) is 2.80. The standard InChI is InChI=1S/C10H9BrN2/c11-9-4-3-8(12)7-10(9)13-5-1-2-6-13/h1-7H,12H2. The third kappa shape index (κ3) is 1.60. The molecule has 0 aliphatic carbocycles. The van der Waals surface area contributed by atoms with Gasteiger partial charge in [-0.25, -0.2) is 0 Å². The minimum atomic E-state index is 0.770. The molecule has 2 nitrogen and oxygen atoms in total. The highest BCUT2D eigenvalue weighted by atomic mass is 79.9. The van der Waals surface area contributed by atoms with E-state index in [1.165, 1.54) is 0 Å². The molecule has 0 aliphatic heterocycles. The van der Waals surface area contributed by atoms with Crippen LogP contribution in [-0.2, 0) is 0 Å². The topological polar surface area (TPSA) is 30.9 Å². The van der Waals surface area contributed by atoms with E-state index in [1.807, 2.05) is 47.3 Å². The minimum Gasteiger partial charge on any atom is -0.399 e. The fourth-order valence-corrected chi connectivity index (χ4v) is 1.67. The maximum atomic E-state index is 5.70. The predicted molar refractivity (Wildman–Crippen MR) is 57.9 cm³/mol. The molecule has 0 unspecified atom stereocenters. The van der Waals surface area contributed by atoms with Crippen molar-refractivity contribution in [3.05, 3.63) is 47.2 Å². The van der Waals surface area contributed by atoms with Gasteiger partial charge >= 0.3 is 0 Å². The first-order chi connectivity index (χ1) is 6.27. The maximum Gasteiger partial charge on any atom is 0.0612 e. The van der Waals surface area contributed by atoms with Gasteiger partial charge in [0.15, 0.2) is 0 Å². The van der Waals surface area contributed by atoms with Crippen LogP contribution < -0.4 is 5.73 Å². The number of nitrogens with two attached hydrogens (primary N) is 1. The molecule has 0 atom stereocenters. The Labute approximate surface area is 85.1 Å². The van der Waals surface area contributed by atoms with Crippen molar-refractivity contribution in [2.24, 2.45) is 0 Å². The number of anilines is 1. The van der Waals surface area contributed by atoms with Crippen LogP contribution in [-0.4, -0.2) is 4.57 Å². The van der Waals surface area contributed by atoms with Crippen LogP contribution in [0.25, 0.3) is 5.69 Å². The molecule has 13 heavy (non-hydrogen) atoms. The molecule has 0 spiro atoms. The summed E-state index contributed by atoms with van der Waals surface area (Å²) < 4.78 is 3.05. The van der Waals surface area contributed by atoms with E-state index < -0.39 is 0 Å². The molecule has 2 rings (SSSR count). The first-order valence-electron chi connectivity index (χ1n) is 3.96. The molecule has 1 heterocycles. The first kappa shape index (κ1) is 8.38. The van der Waals surface area contributed by atoms with Gasteiger partial charge in [-0.15, -0.1) is 0 Å². The van der Waals surface area contributed by atoms with Crippen molar-refractivity contribution in [3.63, 3.8) is 0 Å². The minimum absolute atomic E-state index is 0.770. The third-order valence-electron chi connectivity index (χ3n) is 1.85. The number of nitrogen functional groups attached to an aromatic ring is 1. The Morgan fingerprint density at radius 3 is 2.54 bits per heavy atom. The summed E-state index contributed by atoms with van der Waals surface area (Å²) in [5.41, 5.74) is 7.53. The number of hydrogen-bond acceptors (Lipinski definition) is 1. The lowest BCUT2D eigenvalue weighted by atomic mass is 10.3. The van der Waals surface area contributed by atoms with Gasteiger partial charge in [-0.05, 0) is 46.3 Å². The molecule has 1 aromatic heterocycles. The van der Waals surface area contributed by atoms with E-state index in [4.69, 9.17) is 5.73 Å². The fraction of sp³-hybridized carbons (Fsp3) is 0. The van der Waals surface area contributed by atoms with Crippen molar-refractivity contribution < 1.29 is 0 Å². The highest BCUT2D eigenvalue weighted by Gasteiger charge is 2.00. The van der Waals surface area contributed by atoms with Crippen molar-refractivity contribution in [1.29, 1.82) is 0 Å². The van der Waals surface area contributed by atoms with E-state index in [-0.39, 0.29) is 0 Å². The van der Waals surface area contributed by atoms with Gasteiger partial charge in [-0.2, -0.15) is 0 Å². The van der Waals surface area contributed by atoms with Crippen molar-refractivity contribution in [2.75, 3.05) is 5.73 Å². The first-order valence-corrected chi connectivity index (χ1v) is 4.75. The van der Waals surface area contributed by atoms with Gasteiger partial charge in [0.2, 0.25) is 0 Å². The van der Waals surface area contributed by atoms with Gasteiger partial charge in [-0.3, -0.25) is 0 Å². The lowest BCUT2D eigenvalue weighted by molar-refractivity contribution is 1.07. The number of nitrogens with zero attached hydrogens (tertiary/aromatic N) is 1. The average molecular weight is 237 g/mol. The summed E-state index contributed by atoms with van der Waals surface area (Å²) >= 11 is 3.48. The molecule has 0 bridgehead atoms. The molecule has 66 valence electrons. The Kier molecular flexibility index (Phi) is 2.10. The Bertz CT molecular complexity index is 407. The highest BCUT2D eigenvalue weighted by molar-refractivity contribution is 9.10. The third-order valence-corrected chi connectivity index (χ3v) is 2.52. The van der Waals surface area contributed by atoms with Crippen molar-refractivity contribution in [2.45, 2.75) is 0 Å². The van der Waals surface area contributed by atoms with Gasteiger partial charge in [0.25, 0.3) is 0 Å². The van der Waals surface area contributed by atoms with Crippen molar-refractivity contribution in [1.82, 2.24) is 4.57 Å². The second-order valence-corrected chi connectivity index (χ2v) is 3.66. The number of hydrogen-bond donors (Lipinski definition) is 1. The second kappa shape index (κ2) is 3.26. The number of rotatable bonds is 1. The van der Waals surface area contributed by atoms with E-state index in [1.54, 1.807) is 0 Å². The summed E-state index contributed by atoms with van der Waals surface area (Å²) in [6.45, 7) is 0. The summed E-state index contributed by atoms with van der Waals surface area (Å²) in [7, 11) is 0. The maximum absolute atomic E-state index is 5.70. The molecule has 0 radical (unpaired) electrons. The van der Waals surface area contributed by atoms with Crippen LogP contribution in [0.15, 0.2) is 47.2 Å². The lowest BCUT2D eigenvalue weighted by Gasteiger charge is -2.06. The van der Waals surface area contributed by atoms with E-state index >= 15 is 0 Å². The monoisotopic (exact) mass is 236 g/mol. The molecule has 0 saturated carbocycles. The van der Waals surface area contributed by atoms with Crippen LogP contribution >= 0.6 is 15.9 Å². The van der Waals surface area contributed by atoms with E-state index in [0.29, 0.717) is 0 Å². The smallest absolute Gasteiger partial charge is 0.0612 e. The Hall–Kier alpha value is -1.22. The van der Waals surface area contributed by atoms with Gasteiger partial charge in [-0.1, -0.05) is 0 Å². The molecule has 0 fully saturated rings. The molecule has 1 aromatic carbocycles. The molecule has 0 aliphatic rings. The summed E-state index contributed by atoms with van der Waals surface area (Å²) in [6, 6.07) is 9.72. The number of benzene rings is 1. The predicted octanol–water partition coefficient (Wildman–Crippen LogP) is 2.82. The molecule has 2 aromatic rings. The van der Waals surface area contributed by atoms with E-state index in [0.717, 1.165) is 15.8 Å². The normalized spacial score (nSPS) is 10.2. The van der Waals surface area contributed by atoms with Crippen LogP contribution in [0, 0.1) is 0 Å². The molecular weight excluding hydrogens is 228 g/mol. The molecule has 3 heteroatoms. The Morgan fingerprint density at radius 1 is 1.15 bits per heavy atom. The van der Waals surface area contributed by atoms with Crippen molar-refractivity contribution in [3.8, 4) is 5.69 Å². The van der Waals surface area contributed by atoms with Gasteiger partial charge in [0.05, 0.1) is 5.69 Å². The molecule has 2 N–H and O–H groups in total. The van der Waals surface area contributed by atoms with Gasteiger partial charge < -0.3 is 10.3 Å². The summed E-state index contributed by atoms with van der Waals surface area (Å²) in [6.07, 6.45) is 3.97. The zero-order chi connectivity index (χ0) is 9.26. The molecular formula is C10H9BrN2. The summed E-state index contributed by atoms with van der Waals surface area (Å²) in [5, 5.41) is 0. The van der Waals surface area contributed by atoms with E-state index in [2.05, 4.69) is 15.9 Å².